The van der Waals surface area contributed by atoms with E-state index in [-0.39, 0.29) is 24.0 Å². The van der Waals surface area contributed by atoms with Gasteiger partial charge in [0.05, 0.1) is 14.2 Å². The van der Waals surface area contributed by atoms with E-state index >= 15 is 0 Å². The molecule has 0 aromatic heterocycles. The summed E-state index contributed by atoms with van der Waals surface area (Å²) in [5, 5.41) is 7.01. The Kier molecular flexibility index (Phi) is 10.2. The zero-order valence-corrected chi connectivity index (χ0v) is 20.5. The van der Waals surface area contributed by atoms with Crippen molar-refractivity contribution in [1.29, 1.82) is 0 Å². The van der Waals surface area contributed by atoms with Gasteiger partial charge in [0.15, 0.2) is 5.96 Å². The van der Waals surface area contributed by atoms with Gasteiger partial charge in [-0.15, -0.1) is 24.0 Å². The SMILES string of the molecule is CN=C(NCCC(C)(C)C)NC1CCN(c2cc(OC)cc(OC)c2)CC1.I. The topological polar surface area (TPSA) is 58.1 Å². The van der Waals surface area contributed by atoms with E-state index in [1.54, 1.807) is 14.2 Å². The van der Waals surface area contributed by atoms with Crippen LogP contribution in [-0.2, 0) is 0 Å². The first-order chi connectivity index (χ1) is 12.8. The van der Waals surface area contributed by atoms with Gasteiger partial charge in [-0.3, -0.25) is 4.99 Å². The molecule has 1 aromatic carbocycles. The number of piperidine rings is 1. The second-order valence-corrected chi connectivity index (χ2v) is 8.29. The van der Waals surface area contributed by atoms with E-state index in [9.17, 15) is 0 Å². The number of guanidine groups is 1. The minimum atomic E-state index is 0. The molecule has 0 atom stereocenters. The van der Waals surface area contributed by atoms with Gasteiger partial charge in [0, 0.05) is 56.6 Å². The van der Waals surface area contributed by atoms with E-state index in [0.717, 1.165) is 62.0 Å². The molecule has 7 heteroatoms. The molecule has 160 valence electrons. The second-order valence-electron chi connectivity index (χ2n) is 8.29. The van der Waals surface area contributed by atoms with Crippen molar-refractivity contribution in [3.8, 4) is 11.5 Å². The number of hydrogen-bond acceptors (Lipinski definition) is 4. The van der Waals surface area contributed by atoms with Crippen molar-refractivity contribution in [2.24, 2.45) is 10.4 Å². The minimum absolute atomic E-state index is 0. The smallest absolute Gasteiger partial charge is 0.191 e. The summed E-state index contributed by atoms with van der Waals surface area (Å²) in [5.74, 6) is 2.56. The van der Waals surface area contributed by atoms with Gasteiger partial charge in [-0.2, -0.15) is 0 Å². The molecule has 1 heterocycles. The Morgan fingerprint density at radius 3 is 2.14 bits per heavy atom. The number of anilines is 1. The summed E-state index contributed by atoms with van der Waals surface area (Å²) in [6, 6.07) is 6.49. The summed E-state index contributed by atoms with van der Waals surface area (Å²) in [6.07, 6.45) is 3.25. The Hall–Kier alpha value is -1.38. The molecule has 0 saturated carbocycles. The van der Waals surface area contributed by atoms with Crippen LogP contribution in [0.5, 0.6) is 11.5 Å². The molecule has 28 heavy (non-hydrogen) atoms. The molecular formula is C21H37IN4O2. The molecule has 1 saturated heterocycles. The van der Waals surface area contributed by atoms with E-state index in [0.29, 0.717) is 11.5 Å². The maximum Gasteiger partial charge on any atom is 0.191 e. The van der Waals surface area contributed by atoms with E-state index in [4.69, 9.17) is 9.47 Å². The average molecular weight is 504 g/mol. The van der Waals surface area contributed by atoms with Gasteiger partial charge in [0.2, 0.25) is 0 Å². The normalized spacial score (nSPS) is 15.6. The summed E-state index contributed by atoms with van der Waals surface area (Å²) >= 11 is 0. The van der Waals surface area contributed by atoms with Crippen LogP contribution in [0.15, 0.2) is 23.2 Å². The summed E-state index contributed by atoms with van der Waals surface area (Å²) in [6.45, 7) is 9.70. The molecule has 0 unspecified atom stereocenters. The van der Waals surface area contributed by atoms with Gasteiger partial charge in [-0.1, -0.05) is 20.8 Å². The number of methoxy groups -OCH3 is 2. The lowest BCUT2D eigenvalue weighted by Gasteiger charge is -2.35. The Morgan fingerprint density at radius 1 is 1.11 bits per heavy atom. The number of benzene rings is 1. The van der Waals surface area contributed by atoms with Crippen LogP contribution in [0, 0.1) is 5.41 Å². The summed E-state index contributed by atoms with van der Waals surface area (Å²) < 4.78 is 10.8. The number of nitrogens with one attached hydrogen (secondary N) is 2. The lowest BCUT2D eigenvalue weighted by atomic mass is 9.92. The summed E-state index contributed by atoms with van der Waals surface area (Å²) in [7, 11) is 5.21. The third-order valence-electron chi connectivity index (χ3n) is 4.93. The highest BCUT2D eigenvalue weighted by Gasteiger charge is 2.21. The first kappa shape index (κ1) is 24.7. The first-order valence-corrected chi connectivity index (χ1v) is 9.80. The molecule has 1 fully saturated rings. The van der Waals surface area contributed by atoms with E-state index in [1.165, 1.54) is 0 Å². The molecule has 1 aliphatic rings. The third-order valence-corrected chi connectivity index (χ3v) is 4.93. The van der Waals surface area contributed by atoms with Crippen LogP contribution in [-0.4, -0.2) is 52.9 Å². The van der Waals surface area contributed by atoms with Crippen LogP contribution in [0.3, 0.4) is 0 Å². The van der Waals surface area contributed by atoms with Crippen LogP contribution in [0.2, 0.25) is 0 Å². The lowest BCUT2D eigenvalue weighted by Crippen LogP contribution is -2.49. The van der Waals surface area contributed by atoms with Gasteiger partial charge in [-0.05, 0) is 24.7 Å². The monoisotopic (exact) mass is 504 g/mol. The predicted octanol–water partition coefficient (Wildman–Crippen LogP) is 3.89. The predicted molar refractivity (Wildman–Crippen MR) is 129 cm³/mol. The van der Waals surface area contributed by atoms with Gasteiger partial charge in [0.25, 0.3) is 0 Å². The number of rotatable bonds is 6. The highest BCUT2D eigenvalue weighted by molar-refractivity contribution is 14.0. The Balaban J connectivity index is 0.00000392. The Bertz CT molecular complexity index is 601. The molecule has 0 spiro atoms. The fourth-order valence-corrected chi connectivity index (χ4v) is 3.20. The van der Waals surface area contributed by atoms with Crippen molar-refractivity contribution >= 4 is 35.6 Å². The maximum atomic E-state index is 5.39. The number of ether oxygens (including phenoxy) is 2. The number of aliphatic imine (C=N–C) groups is 1. The highest BCUT2D eigenvalue weighted by Crippen LogP contribution is 2.30. The fourth-order valence-electron chi connectivity index (χ4n) is 3.20. The second kappa shape index (κ2) is 11.6. The van der Waals surface area contributed by atoms with Crippen molar-refractivity contribution in [2.45, 2.75) is 46.1 Å². The highest BCUT2D eigenvalue weighted by atomic mass is 127. The largest absolute Gasteiger partial charge is 0.497 e. The standard InChI is InChI=1S/C21H36N4O2.HI/c1-21(2,3)9-10-23-20(22-4)24-16-7-11-25(12-8-16)17-13-18(26-5)15-19(14-17)27-6;/h13-16H,7-12H2,1-6H3,(H2,22,23,24);1H. The molecule has 1 aliphatic heterocycles. The lowest BCUT2D eigenvalue weighted by molar-refractivity contribution is 0.376. The Labute approximate surface area is 187 Å². The van der Waals surface area contributed by atoms with Crippen molar-refractivity contribution in [3.63, 3.8) is 0 Å². The molecule has 0 radical (unpaired) electrons. The van der Waals surface area contributed by atoms with Crippen molar-refractivity contribution in [2.75, 3.05) is 45.8 Å². The molecule has 0 aliphatic carbocycles. The van der Waals surface area contributed by atoms with Crippen molar-refractivity contribution in [1.82, 2.24) is 10.6 Å². The quantitative estimate of drug-likeness (QED) is 0.350. The zero-order chi connectivity index (χ0) is 19.9. The molecule has 2 N–H and O–H groups in total. The molecule has 0 bridgehead atoms. The molecule has 2 rings (SSSR count). The van der Waals surface area contributed by atoms with E-state index in [2.05, 4.69) is 53.4 Å². The molecule has 1 aromatic rings. The van der Waals surface area contributed by atoms with Crippen LogP contribution in [0.1, 0.15) is 40.0 Å². The van der Waals surface area contributed by atoms with Crippen molar-refractivity contribution in [3.05, 3.63) is 18.2 Å². The maximum absolute atomic E-state index is 5.39. The minimum Gasteiger partial charge on any atom is -0.497 e. The molecule has 6 nitrogen and oxygen atoms in total. The van der Waals surface area contributed by atoms with Crippen LogP contribution in [0.25, 0.3) is 0 Å². The van der Waals surface area contributed by atoms with Gasteiger partial charge >= 0.3 is 0 Å². The van der Waals surface area contributed by atoms with Gasteiger partial charge < -0.3 is 25.0 Å². The van der Waals surface area contributed by atoms with Crippen LogP contribution < -0.4 is 25.0 Å². The average Bonchev–Trinajstić information content (AvgIpc) is 2.66. The van der Waals surface area contributed by atoms with Gasteiger partial charge in [0.1, 0.15) is 11.5 Å². The summed E-state index contributed by atoms with van der Waals surface area (Å²) in [4.78, 5) is 6.76. The molecule has 0 amide bonds. The Morgan fingerprint density at radius 2 is 1.68 bits per heavy atom. The molecular weight excluding hydrogens is 467 g/mol. The van der Waals surface area contributed by atoms with E-state index in [1.807, 2.05) is 13.1 Å². The van der Waals surface area contributed by atoms with Crippen molar-refractivity contribution < 1.29 is 9.47 Å². The van der Waals surface area contributed by atoms with Crippen LogP contribution >= 0.6 is 24.0 Å². The third kappa shape index (κ3) is 7.93. The van der Waals surface area contributed by atoms with Gasteiger partial charge in [-0.25, -0.2) is 0 Å². The number of hydrogen-bond donors (Lipinski definition) is 2. The summed E-state index contributed by atoms with van der Waals surface area (Å²) in [5.41, 5.74) is 1.48. The number of nitrogens with zero attached hydrogens (tertiary/aromatic N) is 2. The first-order valence-electron chi connectivity index (χ1n) is 9.80. The van der Waals surface area contributed by atoms with Crippen LogP contribution in [0.4, 0.5) is 5.69 Å². The zero-order valence-electron chi connectivity index (χ0n) is 18.2. The number of halogens is 1. The van der Waals surface area contributed by atoms with E-state index < -0.39 is 0 Å². The fraction of sp³-hybridized carbons (Fsp3) is 0.667.